The van der Waals surface area contributed by atoms with Crippen molar-refractivity contribution in [2.24, 2.45) is 5.92 Å². The van der Waals surface area contributed by atoms with Crippen LogP contribution in [0.4, 0.5) is 4.79 Å². The smallest absolute Gasteiger partial charge is 0.410 e. The number of likely N-dealkylation sites (tertiary alicyclic amines) is 2. The fraction of sp³-hybridized carbons (Fsp3) is 0.857. The molecule has 1 atom stereocenters. The molecule has 114 valence electrons. The molecule has 2 heterocycles. The molecule has 0 spiro atoms. The highest BCUT2D eigenvalue weighted by molar-refractivity contribution is 6.18. The van der Waals surface area contributed by atoms with E-state index in [1.54, 1.807) is 4.90 Å². The fourth-order valence-corrected chi connectivity index (χ4v) is 3.02. The number of hydrogen-bond acceptors (Lipinski definition) is 3. The SMILES string of the molecule is CC(C)(C)OC(=O)N1CC(C)(N2CC(CCl)CC2=O)C1. The summed E-state index contributed by atoms with van der Waals surface area (Å²) in [5.74, 6) is 0.882. The molecule has 2 amide bonds. The predicted molar refractivity (Wildman–Crippen MR) is 76.8 cm³/mol. The molecule has 0 radical (unpaired) electrons. The van der Waals surface area contributed by atoms with Crippen LogP contribution >= 0.6 is 11.6 Å². The molecule has 2 rings (SSSR count). The van der Waals surface area contributed by atoms with Crippen molar-refractivity contribution in [1.29, 1.82) is 0 Å². The summed E-state index contributed by atoms with van der Waals surface area (Å²) in [5.41, 5.74) is -0.759. The van der Waals surface area contributed by atoms with Gasteiger partial charge in [0.2, 0.25) is 5.91 Å². The van der Waals surface area contributed by atoms with Crippen LogP contribution in [0, 0.1) is 5.92 Å². The highest BCUT2D eigenvalue weighted by atomic mass is 35.5. The molecule has 6 heteroatoms. The lowest BCUT2D eigenvalue weighted by atomic mass is 9.90. The zero-order chi connectivity index (χ0) is 15.1. The van der Waals surface area contributed by atoms with Crippen molar-refractivity contribution in [3.63, 3.8) is 0 Å². The molecule has 20 heavy (non-hydrogen) atoms. The summed E-state index contributed by atoms with van der Waals surface area (Å²) in [6, 6.07) is 0. The first kappa shape index (κ1) is 15.4. The van der Waals surface area contributed by atoms with Crippen molar-refractivity contribution in [2.45, 2.75) is 45.3 Å². The number of halogens is 1. The van der Waals surface area contributed by atoms with Gasteiger partial charge in [0, 0.05) is 31.9 Å². The lowest BCUT2D eigenvalue weighted by Gasteiger charge is -2.52. The number of alkyl halides is 1. The second-order valence-corrected chi connectivity index (χ2v) is 7.37. The van der Waals surface area contributed by atoms with E-state index in [-0.39, 0.29) is 23.5 Å². The maximum atomic E-state index is 12.0. The summed E-state index contributed by atoms with van der Waals surface area (Å²) in [5, 5.41) is 0. The van der Waals surface area contributed by atoms with Crippen LogP contribution in [0.25, 0.3) is 0 Å². The summed E-state index contributed by atoms with van der Waals surface area (Å²) >= 11 is 5.84. The number of rotatable bonds is 2. The average Bonchev–Trinajstić information content (AvgIpc) is 2.64. The quantitative estimate of drug-likeness (QED) is 0.734. The highest BCUT2D eigenvalue weighted by Gasteiger charge is 2.51. The van der Waals surface area contributed by atoms with Crippen LogP contribution in [0.15, 0.2) is 0 Å². The molecule has 0 N–H and O–H groups in total. The number of nitrogens with zero attached hydrogens (tertiary/aromatic N) is 2. The summed E-state index contributed by atoms with van der Waals surface area (Å²) in [6.45, 7) is 9.31. The molecule has 0 aromatic heterocycles. The monoisotopic (exact) mass is 302 g/mol. The molecule has 2 saturated heterocycles. The molecule has 2 fully saturated rings. The van der Waals surface area contributed by atoms with Crippen molar-refractivity contribution in [3.05, 3.63) is 0 Å². The molecule has 0 saturated carbocycles. The number of amides is 2. The Kier molecular flexibility index (Phi) is 3.93. The Morgan fingerprint density at radius 1 is 1.45 bits per heavy atom. The topological polar surface area (TPSA) is 49.9 Å². The Morgan fingerprint density at radius 3 is 2.50 bits per heavy atom. The van der Waals surface area contributed by atoms with E-state index in [1.165, 1.54) is 0 Å². The van der Waals surface area contributed by atoms with Gasteiger partial charge in [-0.05, 0) is 33.6 Å². The van der Waals surface area contributed by atoms with Gasteiger partial charge >= 0.3 is 6.09 Å². The van der Waals surface area contributed by atoms with E-state index in [2.05, 4.69) is 0 Å². The molecule has 5 nitrogen and oxygen atoms in total. The Balaban J connectivity index is 1.91. The zero-order valence-electron chi connectivity index (χ0n) is 12.6. The second kappa shape index (κ2) is 5.10. The van der Waals surface area contributed by atoms with E-state index < -0.39 is 5.60 Å². The summed E-state index contributed by atoms with van der Waals surface area (Å²) < 4.78 is 5.33. The zero-order valence-corrected chi connectivity index (χ0v) is 13.4. The number of carbonyl (C=O) groups excluding carboxylic acids is 2. The molecule has 2 aliphatic rings. The maximum Gasteiger partial charge on any atom is 0.410 e. The van der Waals surface area contributed by atoms with Gasteiger partial charge in [-0.15, -0.1) is 11.6 Å². The van der Waals surface area contributed by atoms with E-state index in [0.29, 0.717) is 31.9 Å². The second-order valence-electron chi connectivity index (χ2n) is 7.06. The summed E-state index contributed by atoms with van der Waals surface area (Å²) in [4.78, 5) is 27.5. The molecule has 0 aromatic carbocycles. The molecule has 0 aliphatic carbocycles. The normalized spacial score (nSPS) is 25.6. The molecule has 0 bridgehead atoms. The van der Waals surface area contributed by atoms with Gasteiger partial charge in [0.25, 0.3) is 0 Å². The lowest BCUT2D eigenvalue weighted by Crippen LogP contribution is -2.70. The molecule has 0 aromatic rings. The minimum atomic E-state index is -0.490. The molecule has 1 unspecified atom stereocenters. The van der Waals surface area contributed by atoms with Crippen LogP contribution in [0.5, 0.6) is 0 Å². The van der Waals surface area contributed by atoms with Crippen LogP contribution in [-0.2, 0) is 9.53 Å². The Hall–Kier alpha value is -0.970. The first-order chi connectivity index (χ1) is 9.14. The third-order valence-corrected chi connectivity index (χ3v) is 4.23. The average molecular weight is 303 g/mol. The fourth-order valence-electron chi connectivity index (χ4n) is 2.81. The highest BCUT2D eigenvalue weighted by Crippen LogP contribution is 2.34. The van der Waals surface area contributed by atoms with Crippen molar-refractivity contribution >= 4 is 23.6 Å². The number of ether oxygens (including phenoxy) is 1. The van der Waals surface area contributed by atoms with Crippen molar-refractivity contribution in [1.82, 2.24) is 9.80 Å². The Labute approximate surface area is 125 Å². The van der Waals surface area contributed by atoms with Crippen LogP contribution in [0.3, 0.4) is 0 Å². The van der Waals surface area contributed by atoms with Crippen molar-refractivity contribution < 1.29 is 14.3 Å². The first-order valence-electron chi connectivity index (χ1n) is 6.99. The Bertz CT molecular complexity index is 413. The third-order valence-electron chi connectivity index (χ3n) is 3.79. The molecule has 2 aliphatic heterocycles. The third kappa shape index (κ3) is 3.03. The van der Waals surface area contributed by atoms with E-state index in [9.17, 15) is 9.59 Å². The van der Waals surface area contributed by atoms with Crippen molar-refractivity contribution in [2.75, 3.05) is 25.5 Å². The van der Waals surface area contributed by atoms with E-state index >= 15 is 0 Å². The summed E-state index contributed by atoms with van der Waals surface area (Å²) in [7, 11) is 0. The standard InChI is InChI=1S/C14H23ClN2O3/c1-13(2,3)20-12(19)16-8-14(4,9-16)17-7-10(6-15)5-11(17)18/h10H,5-9H2,1-4H3. The largest absolute Gasteiger partial charge is 0.444 e. The van der Waals surface area contributed by atoms with E-state index in [1.807, 2.05) is 32.6 Å². The van der Waals surface area contributed by atoms with Gasteiger partial charge < -0.3 is 14.5 Å². The number of carbonyl (C=O) groups is 2. The van der Waals surface area contributed by atoms with Gasteiger partial charge in [-0.25, -0.2) is 4.79 Å². The van der Waals surface area contributed by atoms with E-state index in [0.717, 1.165) is 0 Å². The van der Waals surface area contributed by atoms with Gasteiger partial charge in [0.05, 0.1) is 5.54 Å². The van der Waals surface area contributed by atoms with Gasteiger partial charge in [-0.3, -0.25) is 4.79 Å². The van der Waals surface area contributed by atoms with Crippen molar-refractivity contribution in [3.8, 4) is 0 Å². The molecular weight excluding hydrogens is 280 g/mol. The predicted octanol–water partition coefficient (Wildman–Crippen LogP) is 2.08. The minimum Gasteiger partial charge on any atom is -0.444 e. The van der Waals surface area contributed by atoms with E-state index in [4.69, 9.17) is 16.3 Å². The van der Waals surface area contributed by atoms with Gasteiger partial charge in [0.15, 0.2) is 0 Å². The minimum absolute atomic E-state index is 0.141. The lowest BCUT2D eigenvalue weighted by molar-refractivity contribution is -0.139. The molecular formula is C14H23ClN2O3. The Morgan fingerprint density at radius 2 is 2.05 bits per heavy atom. The maximum absolute atomic E-state index is 12.0. The van der Waals surface area contributed by atoms with Gasteiger partial charge in [-0.1, -0.05) is 0 Å². The van der Waals surface area contributed by atoms with Crippen LogP contribution in [0.2, 0.25) is 0 Å². The van der Waals surface area contributed by atoms with Gasteiger partial charge in [0.1, 0.15) is 5.60 Å². The van der Waals surface area contributed by atoms with Crippen LogP contribution in [0.1, 0.15) is 34.1 Å². The van der Waals surface area contributed by atoms with Gasteiger partial charge in [-0.2, -0.15) is 0 Å². The first-order valence-corrected chi connectivity index (χ1v) is 7.52. The summed E-state index contributed by atoms with van der Waals surface area (Å²) in [6.07, 6.45) is 0.210. The number of hydrogen-bond donors (Lipinski definition) is 0. The van der Waals surface area contributed by atoms with Crippen LogP contribution in [-0.4, -0.2) is 58.5 Å². The van der Waals surface area contributed by atoms with Crippen LogP contribution < -0.4 is 0 Å².